The molecule has 0 fully saturated rings. The highest BCUT2D eigenvalue weighted by molar-refractivity contribution is 6.01. The minimum absolute atomic E-state index is 0.0271. The first-order valence-corrected chi connectivity index (χ1v) is 6.73. The number of hydrogen-bond acceptors (Lipinski definition) is 6. The van der Waals surface area contributed by atoms with Crippen LogP contribution in [0.2, 0.25) is 0 Å². The van der Waals surface area contributed by atoms with Gasteiger partial charge in [-0.2, -0.15) is 0 Å². The summed E-state index contributed by atoms with van der Waals surface area (Å²) < 4.78 is 5.26. The number of hydrogen-bond donors (Lipinski definition) is 4. The van der Waals surface area contributed by atoms with E-state index in [2.05, 4.69) is 10.3 Å². The number of aliphatic imine (C=N–C) groups is 1. The van der Waals surface area contributed by atoms with E-state index in [0.717, 1.165) is 0 Å². The Balaban J connectivity index is 3.18. The highest BCUT2D eigenvalue weighted by Crippen LogP contribution is 2.27. The number of carbonyl (C=O) groups is 2. The van der Waals surface area contributed by atoms with Gasteiger partial charge in [-0.1, -0.05) is 6.08 Å². The molecule has 4 N–H and O–H groups in total. The van der Waals surface area contributed by atoms with Crippen molar-refractivity contribution in [2.75, 3.05) is 20.3 Å². The van der Waals surface area contributed by atoms with Crippen LogP contribution in [0.5, 0.6) is 0 Å². The Bertz CT molecular complexity index is 535. The number of rotatable bonds is 7. The summed E-state index contributed by atoms with van der Waals surface area (Å²) in [6.45, 7) is 1.05. The van der Waals surface area contributed by atoms with E-state index in [4.69, 9.17) is 14.9 Å². The van der Waals surface area contributed by atoms with Gasteiger partial charge in [-0.25, -0.2) is 4.79 Å². The number of carboxylic acid groups (broad SMARTS) is 2. The maximum Gasteiger partial charge on any atom is 0.351 e. The molecule has 0 aliphatic heterocycles. The highest BCUT2D eigenvalue weighted by Gasteiger charge is 2.28. The number of aliphatic hydroxyl groups excluding tert-OH is 1. The molecule has 0 saturated carbocycles. The average Bonchev–Trinajstić information content (AvgIpc) is 2.49. The first-order valence-electron chi connectivity index (χ1n) is 6.73. The molecule has 8 heteroatoms. The first kappa shape index (κ1) is 17.7. The van der Waals surface area contributed by atoms with Crippen LogP contribution in [0.15, 0.2) is 28.2 Å². The molecule has 0 heterocycles. The monoisotopic (exact) mass is 312 g/mol. The minimum Gasteiger partial charge on any atom is -0.493 e. The van der Waals surface area contributed by atoms with Gasteiger partial charge in [0.25, 0.3) is 0 Å². The van der Waals surface area contributed by atoms with Gasteiger partial charge in [0.15, 0.2) is 5.76 Å². The molecule has 0 spiro atoms. The Hall–Kier alpha value is -2.35. The lowest BCUT2D eigenvalue weighted by atomic mass is 9.89. The van der Waals surface area contributed by atoms with Crippen LogP contribution in [-0.4, -0.2) is 53.2 Å². The van der Waals surface area contributed by atoms with Crippen molar-refractivity contribution in [3.05, 3.63) is 23.2 Å². The number of allylic oxidation sites excluding steroid dienone is 3. The van der Waals surface area contributed by atoms with Crippen molar-refractivity contribution in [2.24, 2.45) is 10.9 Å². The Morgan fingerprint density at radius 2 is 2.09 bits per heavy atom. The second-order valence-electron chi connectivity index (χ2n) is 4.76. The van der Waals surface area contributed by atoms with E-state index in [0.29, 0.717) is 30.0 Å². The zero-order valence-electron chi connectivity index (χ0n) is 12.5. The lowest BCUT2D eigenvalue weighted by Crippen LogP contribution is -2.31. The lowest BCUT2D eigenvalue weighted by molar-refractivity contribution is -0.135. The Labute approximate surface area is 127 Å². The largest absolute Gasteiger partial charge is 0.493 e. The molecule has 0 aromatic rings. The molecule has 1 rings (SSSR count). The fraction of sp³-hybridized carbons (Fsp3) is 0.500. The Kier molecular flexibility index (Phi) is 6.58. The van der Waals surface area contributed by atoms with Gasteiger partial charge in [0, 0.05) is 6.61 Å². The summed E-state index contributed by atoms with van der Waals surface area (Å²) in [5.74, 6) is -2.06. The Morgan fingerprint density at radius 3 is 2.55 bits per heavy atom. The quantitative estimate of drug-likeness (QED) is 0.499. The molecule has 1 atom stereocenters. The van der Waals surface area contributed by atoms with Gasteiger partial charge in [-0.3, -0.25) is 9.79 Å². The minimum atomic E-state index is -1.12. The van der Waals surface area contributed by atoms with Crippen molar-refractivity contribution in [1.29, 1.82) is 0 Å². The molecule has 122 valence electrons. The van der Waals surface area contributed by atoms with E-state index in [1.807, 2.05) is 0 Å². The molecule has 0 amide bonds. The fourth-order valence-electron chi connectivity index (χ4n) is 2.18. The summed E-state index contributed by atoms with van der Waals surface area (Å²) in [5.41, 5.74) is 0.840. The molecule has 0 saturated heterocycles. The molecule has 8 nitrogen and oxygen atoms in total. The third-order valence-corrected chi connectivity index (χ3v) is 3.18. The molecule has 1 unspecified atom stereocenters. The van der Waals surface area contributed by atoms with E-state index >= 15 is 0 Å². The molecular weight excluding hydrogens is 292 g/mol. The lowest BCUT2D eigenvalue weighted by Gasteiger charge is -2.27. The van der Waals surface area contributed by atoms with Gasteiger partial charge in [0.2, 0.25) is 0 Å². The molecule has 0 radical (unpaired) electrons. The highest BCUT2D eigenvalue weighted by atomic mass is 16.5. The standard InChI is InChI=1S/C14H20N2O6/c1-3-9(14(20)21)16-11-5-8(7-17)4-10(13(11)22-2)15-6-12(18)19/h3,8,16-17H,4-7H2,1-2H3,(H,18,19)(H,20,21)/b9-3+,15-10?. The molecule has 0 bridgehead atoms. The number of aliphatic carboxylic acids is 2. The predicted octanol–water partition coefficient (Wildman–Crippen LogP) is 0.350. The van der Waals surface area contributed by atoms with Crippen molar-refractivity contribution in [1.82, 2.24) is 5.32 Å². The van der Waals surface area contributed by atoms with Crippen molar-refractivity contribution in [2.45, 2.75) is 19.8 Å². The summed E-state index contributed by atoms with van der Waals surface area (Å²) >= 11 is 0. The van der Waals surface area contributed by atoms with Gasteiger partial charge < -0.3 is 25.4 Å². The van der Waals surface area contributed by atoms with Crippen molar-refractivity contribution < 1.29 is 29.6 Å². The zero-order chi connectivity index (χ0) is 16.7. The van der Waals surface area contributed by atoms with Crippen LogP contribution in [0.4, 0.5) is 0 Å². The van der Waals surface area contributed by atoms with Gasteiger partial charge in [-0.15, -0.1) is 0 Å². The van der Waals surface area contributed by atoms with Crippen LogP contribution < -0.4 is 5.32 Å². The maximum absolute atomic E-state index is 11.1. The summed E-state index contributed by atoms with van der Waals surface area (Å²) in [4.78, 5) is 25.7. The zero-order valence-corrected chi connectivity index (χ0v) is 12.5. The topological polar surface area (TPSA) is 128 Å². The first-order chi connectivity index (χ1) is 10.4. The van der Waals surface area contributed by atoms with E-state index in [9.17, 15) is 14.7 Å². The molecular formula is C14H20N2O6. The third-order valence-electron chi connectivity index (χ3n) is 3.18. The molecule has 22 heavy (non-hydrogen) atoms. The van der Waals surface area contributed by atoms with E-state index in [1.54, 1.807) is 6.92 Å². The summed E-state index contributed by atoms with van der Waals surface area (Å²) in [5, 5.41) is 29.9. The van der Waals surface area contributed by atoms with Gasteiger partial charge in [0.05, 0.1) is 18.5 Å². The van der Waals surface area contributed by atoms with E-state index in [-0.39, 0.29) is 18.2 Å². The average molecular weight is 312 g/mol. The van der Waals surface area contributed by atoms with Crippen molar-refractivity contribution in [3.8, 4) is 0 Å². The van der Waals surface area contributed by atoms with E-state index < -0.39 is 18.5 Å². The number of nitrogens with zero attached hydrogens (tertiary/aromatic N) is 1. The third kappa shape index (κ3) is 4.59. The normalized spacial score (nSPS) is 21.0. The number of methoxy groups -OCH3 is 1. The fourth-order valence-corrected chi connectivity index (χ4v) is 2.18. The predicted molar refractivity (Wildman–Crippen MR) is 78.3 cm³/mol. The smallest absolute Gasteiger partial charge is 0.351 e. The van der Waals surface area contributed by atoms with Crippen LogP contribution in [-0.2, 0) is 14.3 Å². The van der Waals surface area contributed by atoms with E-state index in [1.165, 1.54) is 13.2 Å². The van der Waals surface area contributed by atoms with Crippen LogP contribution in [0.25, 0.3) is 0 Å². The maximum atomic E-state index is 11.1. The molecule has 0 aromatic heterocycles. The summed E-state index contributed by atoms with van der Waals surface area (Å²) in [6.07, 6.45) is 2.16. The van der Waals surface area contributed by atoms with Gasteiger partial charge in [0.1, 0.15) is 12.2 Å². The summed E-state index contributed by atoms with van der Waals surface area (Å²) in [6, 6.07) is 0. The number of nitrogens with one attached hydrogen (secondary N) is 1. The van der Waals surface area contributed by atoms with Crippen LogP contribution in [0.3, 0.4) is 0 Å². The SMILES string of the molecule is C/C=C(/NC1=C(OC)C(=NCC(=O)O)CC(CO)C1)C(=O)O. The van der Waals surface area contributed by atoms with Crippen LogP contribution >= 0.6 is 0 Å². The van der Waals surface area contributed by atoms with Crippen LogP contribution in [0.1, 0.15) is 19.8 Å². The number of carboxylic acids is 2. The van der Waals surface area contributed by atoms with Crippen LogP contribution in [0, 0.1) is 5.92 Å². The number of ether oxygens (including phenoxy) is 1. The summed E-state index contributed by atoms with van der Waals surface area (Å²) in [7, 11) is 1.41. The molecule has 1 aliphatic rings. The van der Waals surface area contributed by atoms with Gasteiger partial charge in [-0.05, 0) is 25.7 Å². The number of aliphatic hydroxyl groups is 1. The Morgan fingerprint density at radius 1 is 1.41 bits per heavy atom. The second-order valence-corrected chi connectivity index (χ2v) is 4.76. The second kappa shape index (κ2) is 8.18. The molecule has 0 aromatic carbocycles. The van der Waals surface area contributed by atoms with Gasteiger partial charge >= 0.3 is 11.9 Å². The van der Waals surface area contributed by atoms with Crippen molar-refractivity contribution >= 4 is 17.7 Å². The van der Waals surface area contributed by atoms with Crippen molar-refractivity contribution in [3.63, 3.8) is 0 Å². The molecule has 1 aliphatic carbocycles.